The second-order valence-electron chi connectivity index (χ2n) is 6.94. The summed E-state index contributed by atoms with van der Waals surface area (Å²) in [5, 5.41) is 12.5. The molecule has 3 rings (SSSR count). The molecule has 0 radical (unpaired) electrons. The maximum Gasteiger partial charge on any atom is 0.335 e. The van der Waals surface area contributed by atoms with E-state index in [9.17, 15) is 9.90 Å². The monoisotopic (exact) mass is 485 g/mol. The first-order valence-corrected chi connectivity index (χ1v) is 10.4. The van der Waals surface area contributed by atoms with Crippen molar-refractivity contribution in [2.45, 2.75) is 20.1 Å². The molecule has 0 bridgehead atoms. The molecule has 3 aromatic rings. The van der Waals surface area contributed by atoms with E-state index in [1.807, 2.05) is 43.3 Å². The van der Waals surface area contributed by atoms with Crippen LogP contribution in [0.1, 0.15) is 27.0 Å². The van der Waals surface area contributed by atoms with Gasteiger partial charge in [0.25, 0.3) is 0 Å². The van der Waals surface area contributed by atoms with Crippen LogP contribution in [0, 0.1) is 6.92 Å². The Morgan fingerprint density at radius 3 is 2.32 bits per heavy atom. The molecule has 0 saturated carbocycles. The number of carboxylic acids is 1. The predicted octanol–water partition coefficient (Wildman–Crippen LogP) is 5.66. The summed E-state index contributed by atoms with van der Waals surface area (Å²) in [4.78, 5) is 11.3. The number of carboxylic acid groups (broad SMARTS) is 1. The van der Waals surface area contributed by atoms with Crippen molar-refractivity contribution in [2.75, 3.05) is 19.5 Å². The smallest absolute Gasteiger partial charge is 0.335 e. The van der Waals surface area contributed by atoms with Crippen LogP contribution >= 0.6 is 15.9 Å². The number of hydrogen-bond acceptors (Lipinski definition) is 5. The van der Waals surface area contributed by atoms with Crippen molar-refractivity contribution in [1.82, 2.24) is 0 Å². The minimum Gasteiger partial charge on any atom is -0.495 e. The van der Waals surface area contributed by atoms with Crippen molar-refractivity contribution >= 4 is 27.6 Å². The van der Waals surface area contributed by atoms with Crippen LogP contribution in [0.2, 0.25) is 0 Å². The molecule has 0 aromatic heterocycles. The molecule has 0 spiro atoms. The van der Waals surface area contributed by atoms with Gasteiger partial charge in [0.2, 0.25) is 0 Å². The fraction of sp³-hybridized carbons (Fsp3) is 0.208. The average Bonchev–Trinajstić information content (AvgIpc) is 2.77. The van der Waals surface area contributed by atoms with Crippen molar-refractivity contribution in [3.8, 4) is 17.2 Å². The zero-order chi connectivity index (χ0) is 22.4. The number of ether oxygens (including phenoxy) is 3. The van der Waals surface area contributed by atoms with Gasteiger partial charge in [-0.15, -0.1) is 0 Å². The molecule has 6 nitrogen and oxygen atoms in total. The quantitative estimate of drug-likeness (QED) is 0.406. The minimum atomic E-state index is -0.997. The molecule has 0 fully saturated rings. The lowest BCUT2D eigenvalue weighted by molar-refractivity contribution is 0.0697. The summed E-state index contributed by atoms with van der Waals surface area (Å²) in [6.07, 6.45) is 0. The summed E-state index contributed by atoms with van der Waals surface area (Å²) in [5.74, 6) is 0.803. The van der Waals surface area contributed by atoms with E-state index >= 15 is 0 Å². The van der Waals surface area contributed by atoms with Gasteiger partial charge in [0, 0.05) is 11.0 Å². The van der Waals surface area contributed by atoms with Crippen LogP contribution < -0.4 is 19.5 Å². The van der Waals surface area contributed by atoms with E-state index in [-0.39, 0.29) is 5.56 Å². The van der Waals surface area contributed by atoms with Crippen LogP contribution in [0.5, 0.6) is 17.2 Å². The first-order valence-electron chi connectivity index (χ1n) is 9.61. The van der Waals surface area contributed by atoms with Gasteiger partial charge < -0.3 is 24.6 Å². The molecule has 0 amide bonds. The van der Waals surface area contributed by atoms with Crippen LogP contribution in [-0.4, -0.2) is 25.3 Å². The van der Waals surface area contributed by atoms with Crippen molar-refractivity contribution in [3.63, 3.8) is 0 Å². The number of hydrogen-bond donors (Lipinski definition) is 2. The number of carbonyl (C=O) groups is 1. The van der Waals surface area contributed by atoms with Crippen LogP contribution in [0.4, 0.5) is 5.69 Å². The standard InChI is InChI=1S/C24H24BrNO5/c1-15-4-6-16(7-5-15)14-31-23-12-19(25)18(11-22(23)30-3)13-26-20-10-17(24(27)28)8-9-21(20)29-2/h4-12,26H,13-14H2,1-3H3,(H,27,28). The highest BCUT2D eigenvalue weighted by Gasteiger charge is 2.13. The van der Waals surface area contributed by atoms with Gasteiger partial charge in [-0.2, -0.15) is 0 Å². The molecule has 0 aliphatic carbocycles. The number of halogens is 1. The largest absolute Gasteiger partial charge is 0.495 e. The Kier molecular flexibility index (Phi) is 7.41. The normalized spacial score (nSPS) is 10.5. The van der Waals surface area contributed by atoms with E-state index in [1.54, 1.807) is 26.4 Å². The summed E-state index contributed by atoms with van der Waals surface area (Å²) in [6.45, 7) is 2.90. The molecule has 0 aliphatic rings. The molecule has 0 unspecified atom stereocenters. The van der Waals surface area contributed by atoms with Crippen LogP contribution in [0.15, 0.2) is 59.1 Å². The van der Waals surface area contributed by atoms with Gasteiger partial charge in [-0.1, -0.05) is 45.8 Å². The third-order valence-electron chi connectivity index (χ3n) is 4.76. The van der Waals surface area contributed by atoms with Crippen LogP contribution in [-0.2, 0) is 13.2 Å². The average molecular weight is 486 g/mol. The number of aromatic carboxylic acids is 1. The molecule has 31 heavy (non-hydrogen) atoms. The summed E-state index contributed by atoms with van der Waals surface area (Å²) in [6, 6.07) is 16.6. The van der Waals surface area contributed by atoms with Crippen molar-refractivity contribution in [2.24, 2.45) is 0 Å². The fourth-order valence-corrected chi connectivity index (χ4v) is 3.46. The SMILES string of the molecule is COc1ccc(C(=O)O)cc1NCc1cc(OC)c(OCc2ccc(C)cc2)cc1Br. The van der Waals surface area contributed by atoms with E-state index in [4.69, 9.17) is 14.2 Å². The lowest BCUT2D eigenvalue weighted by Crippen LogP contribution is -2.05. The molecule has 0 saturated heterocycles. The Balaban J connectivity index is 1.76. The number of benzene rings is 3. The zero-order valence-electron chi connectivity index (χ0n) is 17.6. The van der Waals surface area contributed by atoms with E-state index in [0.717, 1.165) is 15.6 Å². The minimum absolute atomic E-state index is 0.180. The highest BCUT2D eigenvalue weighted by atomic mass is 79.9. The summed E-state index contributed by atoms with van der Waals surface area (Å²) >= 11 is 3.59. The maximum atomic E-state index is 11.3. The number of anilines is 1. The second kappa shape index (κ2) is 10.2. The molecule has 0 heterocycles. The predicted molar refractivity (Wildman–Crippen MR) is 123 cm³/mol. The maximum absolute atomic E-state index is 11.3. The Labute approximate surface area is 189 Å². The Bertz CT molecular complexity index is 1070. The van der Waals surface area contributed by atoms with Crippen molar-refractivity contribution in [1.29, 1.82) is 0 Å². The number of aryl methyl sites for hydroxylation is 1. The summed E-state index contributed by atoms with van der Waals surface area (Å²) in [7, 11) is 3.14. The first-order chi connectivity index (χ1) is 14.9. The highest BCUT2D eigenvalue weighted by Crippen LogP contribution is 2.35. The molecular weight excluding hydrogens is 462 g/mol. The van der Waals surface area contributed by atoms with Gasteiger partial charge in [-0.3, -0.25) is 0 Å². The van der Waals surface area contributed by atoms with E-state index in [1.165, 1.54) is 11.6 Å². The second-order valence-corrected chi connectivity index (χ2v) is 7.80. The summed E-state index contributed by atoms with van der Waals surface area (Å²) < 4.78 is 17.7. The van der Waals surface area contributed by atoms with Crippen molar-refractivity contribution in [3.05, 3.63) is 81.3 Å². The van der Waals surface area contributed by atoms with Gasteiger partial charge in [-0.25, -0.2) is 4.79 Å². The molecule has 2 N–H and O–H groups in total. The first kappa shape index (κ1) is 22.5. The zero-order valence-corrected chi connectivity index (χ0v) is 19.2. The number of methoxy groups -OCH3 is 2. The van der Waals surface area contributed by atoms with E-state index in [2.05, 4.69) is 21.2 Å². The number of rotatable bonds is 9. The topological polar surface area (TPSA) is 77.0 Å². The van der Waals surface area contributed by atoms with Crippen LogP contribution in [0.3, 0.4) is 0 Å². The third kappa shape index (κ3) is 5.70. The Morgan fingerprint density at radius 2 is 1.68 bits per heavy atom. The summed E-state index contributed by atoms with van der Waals surface area (Å²) in [5.41, 5.74) is 3.96. The van der Waals surface area contributed by atoms with Crippen LogP contribution in [0.25, 0.3) is 0 Å². The third-order valence-corrected chi connectivity index (χ3v) is 5.50. The van der Waals surface area contributed by atoms with E-state index in [0.29, 0.717) is 36.1 Å². The van der Waals surface area contributed by atoms with E-state index < -0.39 is 5.97 Å². The molecule has 0 atom stereocenters. The van der Waals surface area contributed by atoms with Gasteiger partial charge in [0.05, 0.1) is 25.5 Å². The number of nitrogens with one attached hydrogen (secondary N) is 1. The van der Waals surface area contributed by atoms with Gasteiger partial charge in [0.15, 0.2) is 11.5 Å². The van der Waals surface area contributed by atoms with Crippen molar-refractivity contribution < 1.29 is 24.1 Å². The molecule has 3 aromatic carbocycles. The molecule has 162 valence electrons. The lowest BCUT2D eigenvalue weighted by atomic mass is 10.1. The molecule has 7 heteroatoms. The molecule has 0 aliphatic heterocycles. The molecular formula is C24H24BrNO5. The highest BCUT2D eigenvalue weighted by molar-refractivity contribution is 9.10. The Hall–Kier alpha value is -3.19. The van der Waals surface area contributed by atoms with Gasteiger partial charge in [0.1, 0.15) is 12.4 Å². The lowest BCUT2D eigenvalue weighted by Gasteiger charge is -2.16. The van der Waals surface area contributed by atoms with Gasteiger partial charge in [-0.05, 0) is 48.4 Å². The Morgan fingerprint density at radius 1 is 0.968 bits per heavy atom. The fourth-order valence-electron chi connectivity index (χ4n) is 3.00. The van der Waals surface area contributed by atoms with Gasteiger partial charge >= 0.3 is 5.97 Å².